The van der Waals surface area contributed by atoms with Crippen molar-refractivity contribution in [3.63, 3.8) is 0 Å². The largest absolute Gasteiger partial charge is 0.350 e. The van der Waals surface area contributed by atoms with E-state index in [4.69, 9.17) is 0 Å². The van der Waals surface area contributed by atoms with E-state index < -0.39 is 0 Å². The molecule has 1 heterocycles. The smallest absolute Gasteiger partial charge is 0.251 e. The minimum absolute atomic E-state index is 0. The fourth-order valence-electron chi connectivity index (χ4n) is 1.98. The Labute approximate surface area is 122 Å². The molecule has 2 rings (SSSR count). The van der Waals surface area contributed by atoms with Crippen LogP contribution in [0.4, 0.5) is 0 Å². The van der Waals surface area contributed by atoms with Gasteiger partial charge in [-0.2, -0.15) is 0 Å². The average molecular weight is 334 g/mol. The Morgan fingerprint density at radius 1 is 1.56 bits per heavy atom. The highest BCUT2D eigenvalue weighted by Gasteiger charge is 2.15. The number of carbonyl (C=O) groups excluding carboxylic acids is 1. The average Bonchev–Trinajstić information content (AvgIpc) is 2.82. The van der Waals surface area contributed by atoms with E-state index in [1.54, 1.807) is 0 Å². The van der Waals surface area contributed by atoms with Gasteiger partial charge in [-0.25, -0.2) is 0 Å². The minimum Gasteiger partial charge on any atom is -0.350 e. The summed E-state index contributed by atoms with van der Waals surface area (Å²) in [5, 5.41) is 6.33. The highest BCUT2D eigenvalue weighted by molar-refractivity contribution is 9.10. The predicted molar refractivity (Wildman–Crippen MR) is 79.5 cm³/mol. The van der Waals surface area contributed by atoms with Crippen LogP contribution >= 0.6 is 28.3 Å². The van der Waals surface area contributed by atoms with Crippen molar-refractivity contribution in [2.75, 3.05) is 13.1 Å². The third-order valence-electron chi connectivity index (χ3n) is 3.11. The van der Waals surface area contributed by atoms with E-state index in [0.29, 0.717) is 18.2 Å². The van der Waals surface area contributed by atoms with Gasteiger partial charge in [-0.05, 0) is 44.0 Å². The van der Waals surface area contributed by atoms with Crippen molar-refractivity contribution in [2.24, 2.45) is 0 Å². The maximum absolute atomic E-state index is 11.9. The Morgan fingerprint density at radius 3 is 2.94 bits per heavy atom. The molecule has 1 aliphatic rings. The molecule has 0 bridgehead atoms. The van der Waals surface area contributed by atoms with E-state index in [1.165, 1.54) is 6.42 Å². The Bertz CT molecular complexity index is 419. The van der Waals surface area contributed by atoms with Crippen molar-refractivity contribution in [3.8, 4) is 0 Å². The van der Waals surface area contributed by atoms with Gasteiger partial charge in [-0.3, -0.25) is 4.79 Å². The summed E-state index contributed by atoms with van der Waals surface area (Å²) in [6, 6.07) is 6.12. The number of aryl methyl sites for hydroxylation is 1. The molecule has 0 radical (unpaired) electrons. The highest BCUT2D eigenvalue weighted by atomic mass is 79.9. The van der Waals surface area contributed by atoms with Crippen LogP contribution in [-0.4, -0.2) is 25.0 Å². The first-order valence-corrected chi connectivity index (χ1v) is 6.74. The SMILES string of the molecule is Cc1ccc(C(=O)NCC2CCCN2)cc1Br.Cl. The maximum atomic E-state index is 11.9. The Balaban J connectivity index is 0.00000162. The van der Waals surface area contributed by atoms with Crippen LogP contribution in [0.3, 0.4) is 0 Å². The van der Waals surface area contributed by atoms with Gasteiger partial charge in [0.15, 0.2) is 0 Å². The molecule has 0 spiro atoms. The van der Waals surface area contributed by atoms with Crippen LogP contribution in [0.1, 0.15) is 28.8 Å². The second-order valence-electron chi connectivity index (χ2n) is 4.47. The molecular weight excluding hydrogens is 316 g/mol. The van der Waals surface area contributed by atoms with Crippen LogP contribution in [0.5, 0.6) is 0 Å². The van der Waals surface area contributed by atoms with Crippen molar-refractivity contribution in [3.05, 3.63) is 33.8 Å². The zero-order valence-electron chi connectivity index (χ0n) is 10.3. The van der Waals surface area contributed by atoms with Crippen molar-refractivity contribution in [2.45, 2.75) is 25.8 Å². The fraction of sp³-hybridized carbons (Fsp3) is 0.462. The lowest BCUT2D eigenvalue weighted by Gasteiger charge is -2.11. The molecule has 5 heteroatoms. The van der Waals surface area contributed by atoms with E-state index >= 15 is 0 Å². The zero-order valence-corrected chi connectivity index (χ0v) is 12.7. The predicted octanol–water partition coefficient (Wildman–Crippen LogP) is 2.66. The van der Waals surface area contributed by atoms with Crippen molar-refractivity contribution in [1.82, 2.24) is 10.6 Å². The second-order valence-corrected chi connectivity index (χ2v) is 5.32. The topological polar surface area (TPSA) is 41.1 Å². The summed E-state index contributed by atoms with van der Waals surface area (Å²) in [5.74, 6) is -0.000556. The van der Waals surface area contributed by atoms with Gasteiger partial charge in [0, 0.05) is 22.6 Å². The van der Waals surface area contributed by atoms with E-state index in [1.807, 2.05) is 25.1 Å². The molecule has 0 saturated carbocycles. The van der Waals surface area contributed by atoms with E-state index in [9.17, 15) is 4.79 Å². The Morgan fingerprint density at radius 2 is 2.33 bits per heavy atom. The molecule has 1 aliphatic heterocycles. The normalized spacial score (nSPS) is 18.2. The number of nitrogens with one attached hydrogen (secondary N) is 2. The number of hydrogen-bond donors (Lipinski definition) is 2. The first-order chi connectivity index (χ1) is 8.16. The molecule has 0 aliphatic carbocycles. The first kappa shape index (κ1) is 15.5. The number of rotatable bonds is 3. The fourth-order valence-corrected chi connectivity index (χ4v) is 2.36. The maximum Gasteiger partial charge on any atom is 0.251 e. The van der Waals surface area contributed by atoms with Gasteiger partial charge < -0.3 is 10.6 Å². The summed E-state index contributed by atoms with van der Waals surface area (Å²) in [6.45, 7) is 3.79. The molecule has 1 aromatic carbocycles. The van der Waals surface area contributed by atoms with Crippen LogP contribution in [0.25, 0.3) is 0 Å². The summed E-state index contributed by atoms with van der Waals surface area (Å²) in [6.07, 6.45) is 2.36. The standard InChI is InChI=1S/C13H17BrN2O.ClH/c1-9-4-5-10(7-12(9)14)13(17)16-8-11-3-2-6-15-11;/h4-5,7,11,15H,2-3,6,8H2,1H3,(H,16,17);1H. The Kier molecular flexibility index (Phi) is 6.12. The van der Waals surface area contributed by atoms with Gasteiger partial charge >= 0.3 is 0 Å². The third kappa shape index (κ3) is 3.97. The van der Waals surface area contributed by atoms with Crippen molar-refractivity contribution < 1.29 is 4.79 Å². The van der Waals surface area contributed by atoms with E-state index in [0.717, 1.165) is 23.0 Å². The van der Waals surface area contributed by atoms with E-state index in [2.05, 4.69) is 26.6 Å². The third-order valence-corrected chi connectivity index (χ3v) is 3.96. The van der Waals surface area contributed by atoms with Gasteiger partial charge in [0.25, 0.3) is 5.91 Å². The first-order valence-electron chi connectivity index (χ1n) is 5.94. The minimum atomic E-state index is -0.000556. The highest BCUT2D eigenvalue weighted by Crippen LogP contribution is 2.17. The molecule has 2 N–H and O–H groups in total. The molecule has 1 amide bonds. The molecule has 1 saturated heterocycles. The second kappa shape index (κ2) is 7.12. The molecule has 3 nitrogen and oxygen atoms in total. The van der Waals surface area contributed by atoms with Crippen LogP contribution in [0.15, 0.2) is 22.7 Å². The summed E-state index contributed by atoms with van der Waals surface area (Å²) < 4.78 is 0.976. The number of carbonyl (C=O) groups is 1. The molecule has 1 fully saturated rings. The molecule has 1 aromatic rings. The summed E-state index contributed by atoms with van der Waals surface area (Å²) in [4.78, 5) is 11.9. The summed E-state index contributed by atoms with van der Waals surface area (Å²) >= 11 is 3.44. The zero-order chi connectivity index (χ0) is 12.3. The van der Waals surface area contributed by atoms with Crippen LogP contribution in [0.2, 0.25) is 0 Å². The Hall–Kier alpha value is -0.580. The number of amides is 1. The lowest BCUT2D eigenvalue weighted by Crippen LogP contribution is -2.37. The number of hydrogen-bond acceptors (Lipinski definition) is 2. The summed E-state index contributed by atoms with van der Waals surface area (Å²) in [7, 11) is 0. The molecule has 1 atom stereocenters. The molecule has 0 aromatic heterocycles. The molecular formula is C13H18BrClN2O. The monoisotopic (exact) mass is 332 g/mol. The van der Waals surface area contributed by atoms with Crippen molar-refractivity contribution >= 4 is 34.2 Å². The summed E-state index contributed by atoms with van der Waals surface area (Å²) in [5.41, 5.74) is 1.85. The van der Waals surface area contributed by atoms with Gasteiger partial charge in [0.2, 0.25) is 0 Å². The molecule has 18 heavy (non-hydrogen) atoms. The van der Waals surface area contributed by atoms with Gasteiger partial charge in [0.05, 0.1) is 0 Å². The quantitative estimate of drug-likeness (QED) is 0.893. The lowest BCUT2D eigenvalue weighted by atomic mass is 10.1. The van der Waals surface area contributed by atoms with Crippen LogP contribution in [-0.2, 0) is 0 Å². The van der Waals surface area contributed by atoms with Gasteiger partial charge in [-0.15, -0.1) is 12.4 Å². The van der Waals surface area contributed by atoms with Gasteiger partial charge in [-0.1, -0.05) is 22.0 Å². The number of benzene rings is 1. The van der Waals surface area contributed by atoms with Crippen LogP contribution in [0, 0.1) is 6.92 Å². The molecule has 100 valence electrons. The van der Waals surface area contributed by atoms with Crippen LogP contribution < -0.4 is 10.6 Å². The van der Waals surface area contributed by atoms with E-state index in [-0.39, 0.29) is 18.3 Å². The number of halogens is 2. The van der Waals surface area contributed by atoms with Crippen molar-refractivity contribution in [1.29, 1.82) is 0 Å². The van der Waals surface area contributed by atoms with Gasteiger partial charge in [0.1, 0.15) is 0 Å². The lowest BCUT2D eigenvalue weighted by molar-refractivity contribution is 0.0950. The molecule has 1 unspecified atom stereocenters.